The molecule has 4 rings (SSSR count). The molecule has 0 aromatic heterocycles. The Hall–Kier alpha value is -4.13. The maximum absolute atomic E-state index is 12.7. The zero-order valence-corrected chi connectivity index (χ0v) is 21.4. The summed E-state index contributed by atoms with van der Waals surface area (Å²) in [5.74, 6) is 0.347. The zero-order valence-electron chi connectivity index (χ0n) is 21.4. The van der Waals surface area contributed by atoms with E-state index in [1.165, 1.54) is 0 Å². The SMILES string of the molecule is CC1CCN(C(=O)c2ccc(NC(=O)CNc3ccc(C(=O)NC(C)c4ccccc4)cc3)cc2)CC1. The number of benzene rings is 3. The number of likely N-dealkylation sites (tertiary alicyclic amines) is 1. The molecule has 0 bridgehead atoms. The monoisotopic (exact) mass is 498 g/mol. The molecule has 0 spiro atoms. The average molecular weight is 499 g/mol. The van der Waals surface area contributed by atoms with Gasteiger partial charge in [0, 0.05) is 35.6 Å². The fourth-order valence-electron chi connectivity index (χ4n) is 4.32. The van der Waals surface area contributed by atoms with Crippen LogP contribution in [-0.2, 0) is 4.79 Å². The zero-order chi connectivity index (χ0) is 26.2. The molecular weight excluding hydrogens is 464 g/mol. The first-order valence-electron chi connectivity index (χ1n) is 12.8. The number of amides is 3. The largest absolute Gasteiger partial charge is 0.376 e. The summed E-state index contributed by atoms with van der Waals surface area (Å²) < 4.78 is 0. The van der Waals surface area contributed by atoms with E-state index >= 15 is 0 Å². The Balaban J connectivity index is 1.23. The summed E-state index contributed by atoms with van der Waals surface area (Å²) in [4.78, 5) is 39.5. The lowest BCUT2D eigenvalue weighted by Crippen LogP contribution is -2.37. The lowest BCUT2D eigenvalue weighted by molar-refractivity contribution is -0.114. The predicted octanol–water partition coefficient (Wildman–Crippen LogP) is 5.10. The van der Waals surface area contributed by atoms with E-state index in [1.807, 2.05) is 42.2 Å². The van der Waals surface area contributed by atoms with Crippen molar-refractivity contribution in [1.29, 1.82) is 0 Å². The molecule has 1 heterocycles. The van der Waals surface area contributed by atoms with Gasteiger partial charge in [-0.1, -0.05) is 37.3 Å². The van der Waals surface area contributed by atoms with E-state index in [9.17, 15) is 14.4 Å². The minimum Gasteiger partial charge on any atom is -0.376 e. The van der Waals surface area contributed by atoms with Crippen LogP contribution < -0.4 is 16.0 Å². The van der Waals surface area contributed by atoms with E-state index in [2.05, 4.69) is 22.9 Å². The maximum atomic E-state index is 12.7. The lowest BCUT2D eigenvalue weighted by Gasteiger charge is -2.30. The van der Waals surface area contributed by atoms with E-state index in [-0.39, 0.29) is 30.3 Å². The van der Waals surface area contributed by atoms with Crippen molar-refractivity contribution in [1.82, 2.24) is 10.2 Å². The van der Waals surface area contributed by atoms with Gasteiger partial charge in [-0.15, -0.1) is 0 Å². The lowest BCUT2D eigenvalue weighted by atomic mass is 9.98. The fraction of sp³-hybridized carbons (Fsp3) is 0.300. The second kappa shape index (κ2) is 12.2. The first-order valence-corrected chi connectivity index (χ1v) is 12.8. The second-order valence-corrected chi connectivity index (χ2v) is 9.64. The highest BCUT2D eigenvalue weighted by molar-refractivity contribution is 5.97. The Bertz CT molecular complexity index is 1200. The predicted molar refractivity (Wildman–Crippen MR) is 147 cm³/mol. The molecule has 1 aliphatic heterocycles. The molecule has 1 fully saturated rings. The third kappa shape index (κ3) is 7.19. The van der Waals surface area contributed by atoms with Crippen LogP contribution in [0.1, 0.15) is 59.0 Å². The normalized spacial score (nSPS) is 14.5. The fourth-order valence-corrected chi connectivity index (χ4v) is 4.32. The smallest absolute Gasteiger partial charge is 0.253 e. The second-order valence-electron chi connectivity index (χ2n) is 9.64. The summed E-state index contributed by atoms with van der Waals surface area (Å²) in [7, 11) is 0. The number of nitrogens with one attached hydrogen (secondary N) is 3. The summed E-state index contributed by atoms with van der Waals surface area (Å²) in [6, 6.07) is 23.7. The Kier molecular flexibility index (Phi) is 8.56. The van der Waals surface area contributed by atoms with E-state index in [0.29, 0.717) is 22.7 Å². The molecule has 7 nitrogen and oxygen atoms in total. The summed E-state index contributed by atoms with van der Waals surface area (Å²) in [6.07, 6.45) is 2.08. The van der Waals surface area contributed by atoms with E-state index in [1.54, 1.807) is 48.5 Å². The van der Waals surface area contributed by atoms with Gasteiger partial charge in [-0.2, -0.15) is 0 Å². The highest BCUT2D eigenvalue weighted by Crippen LogP contribution is 2.19. The van der Waals surface area contributed by atoms with Gasteiger partial charge in [0.2, 0.25) is 5.91 Å². The van der Waals surface area contributed by atoms with Crippen LogP contribution in [0.2, 0.25) is 0 Å². The first-order chi connectivity index (χ1) is 17.9. The Morgan fingerprint density at radius 2 is 1.43 bits per heavy atom. The van der Waals surface area contributed by atoms with Crippen molar-refractivity contribution < 1.29 is 14.4 Å². The average Bonchev–Trinajstić information content (AvgIpc) is 2.93. The molecule has 0 aliphatic carbocycles. The summed E-state index contributed by atoms with van der Waals surface area (Å²) >= 11 is 0. The summed E-state index contributed by atoms with van der Waals surface area (Å²) in [6.45, 7) is 5.83. The third-order valence-corrected chi connectivity index (χ3v) is 6.73. The van der Waals surface area contributed by atoms with Gasteiger partial charge >= 0.3 is 0 Å². The molecular formula is C30H34N4O3. The minimum atomic E-state index is -0.206. The summed E-state index contributed by atoms with van der Waals surface area (Å²) in [5.41, 5.74) is 3.59. The van der Waals surface area contributed by atoms with Crippen molar-refractivity contribution in [3.8, 4) is 0 Å². The van der Waals surface area contributed by atoms with E-state index in [4.69, 9.17) is 0 Å². The van der Waals surface area contributed by atoms with Gasteiger partial charge in [0.25, 0.3) is 11.8 Å². The molecule has 0 saturated carbocycles. The highest BCUT2D eigenvalue weighted by atomic mass is 16.2. The number of hydrogen-bond donors (Lipinski definition) is 3. The minimum absolute atomic E-state index is 0.0399. The standard InChI is InChI=1S/C30H34N4O3/c1-21-16-18-34(19-17-21)30(37)25-10-14-27(15-11-25)33-28(35)20-31-26-12-8-24(9-13-26)29(36)32-22(2)23-6-4-3-5-7-23/h3-15,21-22,31H,16-20H2,1-2H3,(H,32,36)(H,33,35). The van der Waals surface area contributed by atoms with E-state index in [0.717, 1.165) is 37.2 Å². The molecule has 7 heteroatoms. The van der Waals surface area contributed by atoms with Crippen molar-refractivity contribution in [3.05, 3.63) is 95.6 Å². The van der Waals surface area contributed by atoms with Crippen molar-refractivity contribution >= 4 is 29.1 Å². The maximum Gasteiger partial charge on any atom is 0.253 e. The number of carbonyl (C=O) groups excluding carboxylic acids is 3. The Labute approximate surface area is 218 Å². The number of nitrogens with zero attached hydrogens (tertiary/aromatic N) is 1. The van der Waals surface area contributed by atoms with Crippen LogP contribution in [0.15, 0.2) is 78.9 Å². The van der Waals surface area contributed by atoms with Gasteiger partial charge in [-0.3, -0.25) is 14.4 Å². The van der Waals surface area contributed by atoms with Crippen LogP contribution in [0.5, 0.6) is 0 Å². The number of rotatable bonds is 8. The topological polar surface area (TPSA) is 90.5 Å². The van der Waals surface area contributed by atoms with Gasteiger partial charge < -0.3 is 20.9 Å². The molecule has 3 amide bonds. The number of anilines is 2. The van der Waals surface area contributed by atoms with Crippen LogP contribution in [0.3, 0.4) is 0 Å². The molecule has 1 atom stereocenters. The Morgan fingerprint density at radius 3 is 2.08 bits per heavy atom. The molecule has 3 aromatic carbocycles. The van der Waals surface area contributed by atoms with Crippen LogP contribution in [0, 0.1) is 5.92 Å². The van der Waals surface area contributed by atoms with Gasteiger partial charge in [-0.25, -0.2) is 0 Å². The molecule has 1 unspecified atom stereocenters. The highest BCUT2D eigenvalue weighted by Gasteiger charge is 2.21. The van der Waals surface area contributed by atoms with Gasteiger partial charge in [0.05, 0.1) is 12.6 Å². The van der Waals surface area contributed by atoms with Gasteiger partial charge in [-0.05, 0) is 79.8 Å². The summed E-state index contributed by atoms with van der Waals surface area (Å²) in [5, 5.41) is 8.90. The molecule has 192 valence electrons. The number of hydrogen-bond acceptors (Lipinski definition) is 4. The molecule has 1 aliphatic rings. The van der Waals surface area contributed by atoms with Crippen LogP contribution in [0.25, 0.3) is 0 Å². The molecule has 37 heavy (non-hydrogen) atoms. The van der Waals surface area contributed by atoms with Crippen LogP contribution >= 0.6 is 0 Å². The quantitative estimate of drug-likeness (QED) is 0.403. The molecule has 3 aromatic rings. The van der Waals surface area contributed by atoms with Crippen molar-refractivity contribution in [2.75, 3.05) is 30.3 Å². The van der Waals surface area contributed by atoms with Gasteiger partial charge in [0.15, 0.2) is 0 Å². The molecule has 0 radical (unpaired) electrons. The van der Waals surface area contributed by atoms with Crippen LogP contribution in [0.4, 0.5) is 11.4 Å². The first kappa shape index (κ1) is 25.9. The third-order valence-electron chi connectivity index (χ3n) is 6.73. The number of carbonyl (C=O) groups is 3. The van der Waals surface area contributed by atoms with Crippen molar-refractivity contribution in [2.24, 2.45) is 5.92 Å². The van der Waals surface area contributed by atoms with Crippen molar-refractivity contribution in [2.45, 2.75) is 32.7 Å². The van der Waals surface area contributed by atoms with Gasteiger partial charge in [0.1, 0.15) is 0 Å². The number of piperidine rings is 1. The molecule has 1 saturated heterocycles. The van der Waals surface area contributed by atoms with E-state index < -0.39 is 0 Å². The van der Waals surface area contributed by atoms with Crippen molar-refractivity contribution in [3.63, 3.8) is 0 Å². The van der Waals surface area contributed by atoms with Crippen LogP contribution in [-0.4, -0.2) is 42.3 Å². The Morgan fingerprint density at radius 1 is 0.838 bits per heavy atom. The molecule has 3 N–H and O–H groups in total.